The second-order valence-electron chi connectivity index (χ2n) is 6.42. The van der Waals surface area contributed by atoms with Crippen LogP contribution in [0.3, 0.4) is 0 Å². The van der Waals surface area contributed by atoms with Gasteiger partial charge in [-0.3, -0.25) is 9.52 Å². The van der Waals surface area contributed by atoms with Crippen LogP contribution in [0.25, 0.3) is 6.08 Å². The minimum absolute atomic E-state index is 0.0420. The van der Waals surface area contributed by atoms with Crippen LogP contribution in [0.4, 0.5) is 27.6 Å². The lowest BCUT2D eigenvalue weighted by Crippen LogP contribution is -2.25. The topological polar surface area (TPSA) is 75.3 Å². The van der Waals surface area contributed by atoms with Crippen molar-refractivity contribution in [3.63, 3.8) is 0 Å². The van der Waals surface area contributed by atoms with E-state index in [4.69, 9.17) is 0 Å². The van der Waals surface area contributed by atoms with E-state index in [1.54, 1.807) is 4.72 Å². The van der Waals surface area contributed by atoms with Crippen molar-refractivity contribution in [3.8, 4) is 0 Å². The number of carbonyl (C=O) groups excluding carboxylic acids is 1. The number of alkyl halides is 3. The minimum atomic E-state index is -4.47. The molecule has 0 bridgehead atoms. The third-order valence-corrected chi connectivity index (χ3v) is 4.45. The molecular weight excluding hydrogens is 431 g/mol. The number of hydrogen-bond acceptors (Lipinski definition) is 3. The fourth-order valence-corrected chi connectivity index (χ4v) is 2.99. The third-order valence-electron chi connectivity index (χ3n) is 3.88. The van der Waals surface area contributed by atoms with Gasteiger partial charge in [0.1, 0.15) is 5.69 Å². The van der Waals surface area contributed by atoms with Crippen molar-refractivity contribution in [1.82, 2.24) is 5.32 Å². The predicted octanol–water partition coefficient (Wildman–Crippen LogP) is 4.25. The summed E-state index contributed by atoms with van der Waals surface area (Å²) in [5, 5.41) is 2.45. The Balaban J connectivity index is 2.07. The number of carbonyl (C=O) groups is 1. The molecule has 11 heteroatoms. The number of anilines is 1. The van der Waals surface area contributed by atoms with E-state index in [1.165, 1.54) is 25.1 Å². The molecule has 0 saturated carbocycles. The van der Waals surface area contributed by atoms with Gasteiger partial charge in [0.2, 0.25) is 15.9 Å². The monoisotopic (exact) mass is 448 g/mol. The summed E-state index contributed by atoms with van der Waals surface area (Å²) in [7, 11) is -3.89. The molecule has 1 amide bonds. The van der Waals surface area contributed by atoms with Crippen molar-refractivity contribution < 1.29 is 35.2 Å². The predicted molar refractivity (Wildman–Crippen MR) is 102 cm³/mol. The molecule has 2 N–H and O–H groups in total. The highest BCUT2D eigenvalue weighted by Crippen LogP contribution is 2.29. The minimum Gasteiger partial charge on any atom is -0.346 e. The van der Waals surface area contributed by atoms with Crippen molar-refractivity contribution in [1.29, 1.82) is 0 Å². The van der Waals surface area contributed by atoms with E-state index in [0.717, 1.165) is 36.6 Å². The van der Waals surface area contributed by atoms with Gasteiger partial charge in [-0.15, -0.1) is 0 Å². The molecule has 30 heavy (non-hydrogen) atoms. The molecule has 0 aromatic heterocycles. The first kappa shape index (κ1) is 23.3. The molecule has 0 spiro atoms. The summed E-state index contributed by atoms with van der Waals surface area (Å²) in [6, 6.07) is 5.03. The largest absolute Gasteiger partial charge is 0.416 e. The number of nitrogens with one attached hydrogen (secondary N) is 2. The molecule has 0 unspecified atom stereocenters. The van der Waals surface area contributed by atoms with Crippen LogP contribution >= 0.6 is 0 Å². The molecule has 162 valence electrons. The van der Waals surface area contributed by atoms with Crippen molar-refractivity contribution in [2.45, 2.75) is 19.1 Å². The van der Waals surface area contributed by atoms with Crippen molar-refractivity contribution >= 4 is 27.7 Å². The average molecular weight is 448 g/mol. The van der Waals surface area contributed by atoms with Gasteiger partial charge in [0.05, 0.1) is 17.9 Å². The van der Waals surface area contributed by atoms with Crippen LogP contribution in [-0.4, -0.2) is 20.6 Å². The summed E-state index contributed by atoms with van der Waals surface area (Å²) in [5.74, 6) is -2.96. The van der Waals surface area contributed by atoms with Crippen LogP contribution in [0.5, 0.6) is 0 Å². The summed E-state index contributed by atoms with van der Waals surface area (Å²) in [4.78, 5) is 12.0. The number of benzene rings is 2. The maximum atomic E-state index is 14.1. The Morgan fingerprint density at radius 2 is 1.60 bits per heavy atom. The fourth-order valence-electron chi connectivity index (χ4n) is 2.43. The molecular formula is C19H17F5N2O3S. The smallest absolute Gasteiger partial charge is 0.346 e. The van der Waals surface area contributed by atoms with Gasteiger partial charge in [0, 0.05) is 6.08 Å². The Morgan fingerprint density at radius 1 is 1.07 bits per heavy atom. The molecule has 0 fully saturated rings. The molecule has 1 atom stereocenters. The van der Waals surface area contributed by atoms with Gasteiger partial charge in [0.15, 0.2) is 11.6 Å². The van der Waals surface area contributed by atoms with Crippen molar-refractivity contribution in [2.24, 2.45) is 0 Å². The summed E-state index contributed by atoms with van der Waals surface area (Å²) < 4.78 is 89.7. The van der Waals surface area contributed by atoms with Crippen molar-refractivity contribution in [3.05, 3.63) is 70.8 Å². The summed E-state index contributed by atoms with van der Waals surface area (Å²) in [6.45, 7) is 1.45. The molecule has 0 aliphatic carbocycles. The molecule has 0 aliphatic rings. The Morgan fingerprint density at radius 3 is 2.07 bits per heavy atom. The highest BCUT2D eigenvalue weighted by atomic mass is 32.2. The van der Waals surface area contributed by atoms with E-state index in [1.807, 2.05) is 0 Å². The first-order valence-corrected chi connectivity index (χ1v) is 10.3. The van der Waals surface area contributed by atoms with E-state index in [2.05, 4.69) is 5.32 Å². The number of sulfonamides is 1. The molecule has 2 aromatic carbocycles. The highest BCUT2D eigenvalue weighted by molar-refractivity contribution is 7.92. The molecule has 0 heterocycles. The van der Waals surface area contributed by atoms with E-state index in [-0.39, 0.29) is 5.56 Å². The lowest BCUT2D eigenvalue weighted by atomic mass is 10.1. The zero-order valence-electron chi connectivity index (χ0n) is 15.7. The van der Waals surface area contributed by atoms with Crippen LogP contribution in [0.15, 0.2) is 42.5 Å². The normalized spacial score (nSPS) is 13.3. The Hall–Kier alpha value is -2.95. The summed E-state index contributed by atoms with van der Waals surface area (Å²) in [6.07, 6.45) is -1.38. The van der Waals surface area contributed by atoms with Gasteiger partial charge < -0.3 is 5.32 Å². The van der Waals surface area contributed by atoms with Gasteiger partial charge in [-0.25, -0.2) is 17.2 Å². The van der Waals surface area contributed by atoms with Crippen molar-refractivity contribution in [2.75, 3.05) is 11.0 Å². The van der Waals surface area contributed by atoms with E-state index in [0.29, 0.717) is 5.56 Å². The van der Waals surface area contributed by atoms with E-state index in [9.17, 15) is 35.2 Å². The second kappa shape index (κ2) is 8.82. The van der Waals surface area contributed by atoms with E-state index >= 15 is 0 Å². The van der Waals surface area contributed by atoms with Crippen LogP contribution in [-0.2, 0) is 21.0 Å². The Labute approximate surface area is 169 Å². The SMILES string of the molecule is C[C@@H](NC(=O)/C=C/c1ccc(C(F)(F)F)cc1)c1cc(F)c(NS(C)(=O)=O)c(F)c1. The van der Waals surface area contributed by atoms with Crippen LogP contribution in [0.1, 0.15) is 29.7 Å². The molecule has 0 radical (unpaired) electrons. The first-order valence-electron chi connectivity index (χ1n) is 8.39. The zero-order chi connectivity index (χ0) is 22.7. The van der Waals surface area contributed by atoms with Gasteiger partial charge in [-0.05, 0) is 48.4 Å². The maximum Gasteiger partial charge on any atom is 0.416 e. The van der Waals surface area contributed by atoms with Gasteiger partial charge in [0.25, 0.3) is 0 Å². The molecule has 0 aliphatic heterocycles. The van der Waals surface area contributed by atoms with E-state index < -0.39 is 51.0 Å². The number of amides is 1. The van der Waals surface area contributed by atoms with Crippen LogP contribution < -0.4 is 10.0 Å². The summed E-state index contributed by atoms with van der Waals surface area (Å²) in [5.41, 5.74) is -1.27. The Kier molecular flexibility index (Phi) is 6.86. The lowest BCUT2D eigenvalue weighted by Gasteiger charge is -2.15. The van der Waals surface area contributed by atoms with Gasteiger partial charge in [-0.2, -0.15) is 13.2 Å². The quantitative estimate of drug-likeness (QED) is 0.513. The first-order chi connectivity index (χ1) is 13.8. The zero-order valence-corrected chi connectivity index (χ0v) is 16.5. The summed E-state index contributed by atoms with van der Waals surface area (Å²) >= 11 is 0. The van der Waals surface area contributed by atoms with Crippen LogP contribution in [0, 0.1) is 11.6 Å². The fraction of sp³-hybridized carbons (Fsp3) is 0.211. The van der Waals surface area contributed by atoms with Gasteiger partial charge >= 0.3 is 6.18 Å². The Bertz CT molecular complexity index is 1040. The lowest BCUT2D eigenvalue weighted by molar-refractivity contribution is -0.137. The molecule has 5 nitrogen and oxygen atoms in total. The third kappa shape index (κ3) is 6.55. The average Bonchev–Trinajstić information content (AvgIpc) is 2.61. The second-order valence-corrected chi connectivity index (χ2v) is 8.17. The number of halogens is 5. The maximum absolute atomic E-state index is 14.1. The standard InChI is InChI=1S/C19H17F5N2O3S/c1-11(13-9-15(20)18(16(21)10-13)26-30(2,28)29)25-17(27)8-5-12-3-6-14(7-4-12)19(22,23)24/h3-11,26H,1-2H3,(H,25,27)/b8-5+/t11-/m1/s1. The molecule has 2 aromatic rings. The number of hydrogen-bond donors (Lipinski definition) is 2. The van der Waals surface area contributed by atoms with Crippen LogP contribution in [0.2, 0.25) is 0 Å². The highest BCUT2D eigenvalue weighted by Gasteiger charge is 2.29. The molecule has 0 saturated heterocycles. The molecule has 2 rings (SSSR count). The number of rotatable bonds is 6. The van der Waals surface area contributed by atoms with Gasteiger partial charge in [-0.1, -0.05) is 12.1 Å².